The van der Waals surface area contributed by atoms with E-state index in [1.165, 1.54) is 25.1 Å². The average molecular weight is 496 g/mol. The van der Waals surface area contributed by atoms with Gasteiger partial charge in [0.25, 0.3) is 0 Å². The Bertz CT molecular complexity index is 942. The lowest BCUT2D eigenvalue weighted by atomic mass is 9.98. The Kier molecular flexibility index (Phi) is 10.0. The van der Waals surface area contributed by atoms with Crippen molar-refractivity contribution < 1.29 is 57.1 Å². The van der Waals surface area contributed by atoms with Gasteiger partial charge in [-0.05, 0) is 25.1 Å². The summed E-state index contributed by atoms with van der Waals surface area (Å²) >= 11 is 0. The first-order valence-electron chi connectivity index (χ1n) is 10.7. The molecular weight excluding hydrogens is 468 g/mol. The second-order valence-electron chi connectivity index (χ2n) is 7.44. The molecule has 0 spiro atoms. The molecule has 35 heavy (non-hydrogen) atoms. The fraction of sp³-hybridized carbons (Fsp3) is 0.522. The summed E-state index contributed by atoms with van der Waals surface area (Å²) in [5, 5.41) is 0. The minimum Gasteiger partial charge on any atom is -0.490 e. The molecule has 1 fully saturated rings. The van der Waals surface area contributed by atoms with Crippen molar-refractivity contribution in [2.45, 2.75) is 65.3 Å². The zero-order valence-corrected chi connectivity index (χ0v) is 20.0. The molecule has 0 N–H and O–H groups in total. The highest BCUT2D eigenvalue weighted by Crippen LogP contribution is 2.34. The van der Waals surface area contributed by atoms with Crippen molar-refractivity contribution in [1.29, 1.82) is 0 Å². The SMILES string of the molecule is CCOc1cc(C=O)ccc1O[C@@H]1O[C@@H](COC(C)=O)[C@@H](OC(C)=O)[C@H](OC(C)=O)[C@@H]1OC(C)=O. The zero-order chi connectivity index (χ0) is 26.1. The molecule has 192 valence electrons. The minimum absolute atomic E-state index is 0.123. The minimum atomic E-state index is -1.42. The number of hydrogen-bond acceptors (Lipinski definition) is 12. The number of hydrogen-bond donors (Lipinski definition) is 0. The molecule has 0 unspecified atom stereocenters. The maximum absolute atomic E-state index is 11.9. The van der Waals surface area contributed by atoms with E-state index >= 15 is 0 Å². The molecule has 1 aromatic carbocycles. The van der Waals surface area contributed by atoms with Crippen LogP contribution in [0.15, 0.2) is 18.2 Å². The number of ether oxygens (including phenoxy) is 7. The van der Waals surface area contributed by atoms with Crippen molar-refractivity contribution in [3.63, 3.8) is 0 Å². The van der Waals surface area contributed by atoms with Gasteiger partial charge in [-0.1, -0.05) is 0 Å². The third-order valence-electron chi connectivity index (χ3n) is 4.60. The molecular formula is C23H28O12. The van der Waals surface area contributed by atoms with Crippen molar-refractivity contribution in [2.75, 3.05) is 13.2 Å². The van der Waals surface area contributed by atoms with Crippen LogP contribution >= 0.6 is 0 Å². The van der Waals surface area contributed by atoms with E-state index in [2.05, 4.69) is 0 Å². The van der Waals surface area contributed by atoms with Gasteiger partial charge in [0.05, 0.1) is 6.61 Å². The van der Waals surface area contributed by atoms with Gasteiger partial charge in [0.1, 0.15) is 19.0 Å². The lowest BCUT2D eigenvalue weighted by Gasteiger charge is -2.44. The largest absolute Gasteiger partial charge is 0.490 e. The van der Waals surface area contributed by atoms with Gasteiger partial charge in [0, 0.05) is 33.3 Å². The summed E-state index contributed by atoms with van der Waals surface area (Å²) < 4.78 is 38.4. The van der Waals surface area contributed by atoms with Crippen LogP contribution in [0.4, 0.5) is 0 Å². The molecule has 0 radical (unpaired) electrons. The summed E-state index contributed by atoms with van der Waals surface area (Å²) in [6.45, 7) is 6.13. The normalized spacial score (nSPS) is 23.4. The van der Waals surface area contributed by atoms with Crippen molar-refractivity contribution in [3.05, 3.63) is 23.8 Å². The van der Waals surface area contributed by atoms with Crippen LogP contribution in [0, 0.1) is 0 Å². The lowest BCUT2D eigenvalue weighted by molar-refractivity contribution is -0.288. The molecule has 0 bridgehead atoms. The molecule has 12 heteroatoms. The summed E-state index contributed by atoms with van der Waals surface area (Å²) in [6, 6.07) is 4.36. The van der Waals surface area contributed by atoms with E-state index in [0.717, 1.165) is 20.8 Å². The Balaban J connectivity index is 2.52. The molecule has 5 atom stereocenters. The van der Waals surface area contributed by atoms with Gasteiger partial charge in [0.2, 0.25) is 12.4 Å². The molecule has 1 aromatic rings. The number of rotatable bonds is 10. The van der Waals surface area contributed by atoms with Crippen LogP contribution in [0.25, 0.3) is 0 Å². The maximum atomic E-state index is 11.9. The van der Waals surface area contributed by atoms with Gasteiger partial charge in [0.15, 0.2) is 23.7 Å². The third-order valence-corrected chi connectivity index (χ3v) is 4.60. The van der Waals surface area contributed by atoms with Crippen molar-refractivity contribution in [3.8, 4) is 11.5 Å². The monoisotopic (exact) mass is 496 g/mol. The van der Waals surface area contributed by atoms with Gasteiger partial charge in [-0.25, -0.2) is 0 Å². The van der Waals surface area contributed by atoms with Crippen LogP contribution in [0.5, 0.6) is 11.5 Å². The molecule has 1 aliphatic heterocycles. The number of esters is 4. The van der Waals surface area contributed by atoms with Crippen LogP contribution in [-0.2, 0) is 42.9 Å². The summed E-state index contributed by atoms with van der Waals surface area (Å²) in [4.78, 5) is 58.2. The van der Waals surface area contributed by atoms with E-state index in [9.17, 15) is 24.0 Å². The van der Waals surface area contributed by atoms with Gasteiger partial charge < -0.3 is 33.2 Å². The maximum Gasteiger partial charge on any atom is 0.303 e. The molecule has 1 saturated heterocycles. The van der Waals surface area contributed by atoms with Crippen LogP contribution in [-0.4, -0.2) is 74.1 Å². The summed E-state index contributed by atoms with van der Waals surface area (Å²) in [5.41, 5.74) is 0.322. The quantitative estimate of drug-likeness (QED) is 0.261. The molecule has 0 amide bonds. The highest BCUT2D eigenvalue weighted by molar-refractivity contribution is 5.76. The molecule has 0 aromatic heterocycles. The first-order valence-corrected chi connectivity index (χ1v) is 10.7. The molecule has 0 aliphatic carbocycles. The van der Waals surface area contributed by atoms with E-state index in [1.54, 1.807) is 6.92 Å². The molecule has 2 rings (SSSR count). The smallest absolute Gasteiger partial charge is 0.303 e. The zero-order valence-electron chi connectivity index (χ0n) is 20.0. The predicted octanol–water partition coefficient (Wildman–Crippen LogP) is 1.36. The van der Waals surface area contributed by atoms with E-state index in [0.29, 0.717) is 11.8 Å². The second kappa shape index (κ2) is 12.7. The average Bonchev–Trinajstić information content (AvgIpc) is 2.76. The number of benzene rings is 1. The Hall–Kier alpha value is -3.67. The van der Waals surface area contributed by atoms with Crippen molar-refractivity contribution >= 4 is 30.2 Å². The molecule has 12 nitrogen and oxygen atoms in total. The summed E-state index contributed by atoms with van der Waals surface area (Å²) in [6.07, 6.45) is -6.02. The van der Waals surface area contributed by atoms with E-state index in [4.69, 9.17) is 33.2 Å². The van der Waals surface area contributed by atoms with Gasteiger partial charge in [-0.2, -0.15) is 0 Å². The van der Waals surface area contributed by atoms with Crippen LogP contribution in [0.2, 0.25) is 0 Å². The van der Waals surface area contributed by atoms with Crippen LogP contribution in [0.3, 0.4) is 0 Å². The Morgan fingerprint density at radius 3 is 2.00 bits per heavy atom. The topological polar surface area (TPSA) is 150 Å². The molecule has 1 heterocycles. The van der Waals surface area contributed by atoms with E-state index in [-0.39, 0.29) is 24.7 Å². The van der Waals surface area contributed by atoms with Gasteiger partial charge in [-0.3, -0.25) is 24.0 Å². The van der Waals surface area contributed by atoms with Gasteiger partial charge >= 0.3 is 23.9 Å². The Morgan fingerprint density at radius 2 is 1.46 bits per heavy atom. The van der Waals surface area contributed by atoms with Crippen LogP contribution in [0.1, 0.15) is 45.0 Å². The number of carbonyl (C=O) groups excluding carboxylic acids is 5. The first-order chi connectivity index (χ1) is 16.5. The first kappa shape index (κ1) is 27.6. The van der Waals surface area contributed by atoms with E-state index in [1.807, 2.05) is 0 Å². The van der Waals surface area contributed by atoms with Crippen molar-refractivity contribution in [1.82, 2.24) is 0 Å². The molecule has 1 aliphatic rings. The Labute approximate surface area is 201 Å². The van der Waals surface area contributed by atoms with E-state index < -0.39 is 54.6 Å². The van der Waals surface area contributed by atoms with Crippen LogP contribution < -0.4 is 9.47 Å². The second-order valence-corrected chi connectivity index (χ2v) is 7.44. The number of carbonyl (C=O) groups is 5. The molecule has 0 saturated carbocycles. The number of aldehydes is 1. The standard InChI is InChI=1S/C23H28O12/c1-6-29-18-9-16(10-24)7-8-17(18)34-23-22(33-15(5)28)21(32-14(4)27)20(31-13(3)26)19(35-23)11-30-12(2)25/h7-10,19-23H,6,11H2,1-5H3/t19-,20+,21-,22-,23+/m0/s1. The fourth-order valence-corrected chi connectivity index (χ4v) is 3.37. The summed E-state index contributed by atoms with van der Waals surface area (Å²) in [5.74, 6) is -2.58. The highest BCUT2D eigenvalue weighted by atomic mass is 16.7. The van der Waals surface area contributed by atoms with Gasteiger partial charge in [-0.15, -0.1) is 0 Å². The highest BCUT2D eigenvalue weighted by Gasteiger charge is 2.53. The van der Waals surface area contributed by atoms with Crippen molar-refractivity contribution in [2.24, 2.45) is 0 Å². The fourth-order valence-electron chi connectivity index (χ4n) is 3.37. The summed E-state index contributed by atoms with van der Waals surface area (Å²) in [7, 11) is 0. The third kappa shape index (κ3) is 7.95. The predicted molar refractivity (Wildman–Crippen MR) is 116 cm³/mol. The Morgan fingerprint density at radius 1 is 0.857 bits per heavy atom. The lowest BCUT2D eigenvalue weighted by Crippen LogP contribution is -2.63.